The second-order valence-corrected chi connectivity index (χ2v) is 5.48. The van der Waals surface area contributed by atoms with Gasteiger partial charge in [0.15, 0.2) is 0 Å². The highest BCUT2D eigenvalue weighted by Crippen LogP contribution is 2.20. The standard InChI is InChI=1S/C13H17F2NO2S/c1-8(19-2)6-12(18)16-7-11(17)13-9(14)4-3-5-10(13)15/h3-5,8,11,17H,6-7H2,1-2H3,(H,16,18). The monoisotopic (exact) mass is 289 g/mol. The Morgan fingerprint density at radius 3 is 2.53 bits per heavy atom. The van der Waals surface area contributed by atoms with Gasteiger partial charge >= 0.3 is 0 Å². The van der Waals surface area contributed by atoms with Crippen molar-refractivity contribution in [1.82, 2.24) is 5.32 Å². The van der Waals surface area contributed by atoms with Crippen LogP contribution in [0.4, 0.5) is 8.78 Å². The Morgan fingerprint density at radius 1 is 1.42 bits per heavy atom. The Bertz CT molecular complexity index is 422. The van der Waals surface area contributed by atoms with Gasteiger partial charge in [0.05, 0.1) is 5.56 Å². The van der Waals surface area contributed by atoms with Crippen LogP contribution in [0.1, 0.15) is 25.0 Å². The zero-order chi connectivity index (χ0) is 14.4. The van der Waals surface area contributed by atoms with Crippen LogP contribution in [0.25, 0.3) is 0 Å². The predicted molar refractivity (Wildman–Crippen MR) is 71.9 cm³/mol. The summed E-state index contributed by atoms with van der Waals surface area (Å²) < 4.78 is 26.7. The molecule has 19 heavy (non-hydrogen) atoms. The minimum absolute atomic E-state index is 0.155. The van der Waals surface area contributed by atoms with E-state index in [4.69, 9.17) is 0 Å². The molecule has 0 saturated carbocycles. The van der Waals surface area contributed by atoms with Gasteiger partial charge in [-0.2, -0.15) is 11.8 Å². The van der Waals surface area contributed by atoms with Crippen LogP contribution < -0.4 is 5.32 Å². The highest BCUT2D eigenvalue weighted by molar-refractivity contribution is 7.99. The number of benzene rings is 1. The van der Waals surface area contributed by atoms with Crippen molar-refractivity contribution < 1.29 is 18.7 Å². The van der Waals surface area contributed by atoms with E-state index in [0.717, 1.165) is 12.1 Å². The molecule has 3 nitrogen and oxygen atoms in total. The molecule has 6 heteroatoms. The average molecular weight is 289 g/mol. The number of aliphatic hydroxyl groups excluding tert-OH is 1. The number of rotatable bonds is 6. The summed E-state index contributed by atoms with van der Waals surface area (Å²) in [5, 5.41) is 12.3. The van der Waals surface area contributed by atoms with E-state index in [1.54, 1.807) is 11.8 Å². The molecule has 0 aliphatic heterocycles. The first-order valence-electron chi connectivity index (χ1n) is 5.87. The first-order valence-corrected chi connectivity index (χ1v) is 7.16. The van der Waals surface area contributed by atoms with Crippen molar-refractivity contribution in [3.63, 3.8) is 0 Å². The zero-order valence-electron chi connectivity index (χ0n) is 10.8. The molecule has 0 aromatic heterocycles. The lowest BCUT2D eigenvalue weighted by Gasteiger charge is -2.14. The molecule has 2 unspecified atom stereocenters. The minimum Gasteiger partial charge on any atom is -0.386 e. The number of halogens is 2. The normalized spacial score (nSPS) is 13.9. The van der Waals surface area contributed by atoms with Gasteiger partial charge in [0.25, 0.3) is 0 Å². The Morgan fingerprint density at radius 2 is 2.00 bits per heavy atom. The topological polar surface area (TPSA) is 49.3 Å². The third-order valence-electron chi connectivity index (χ3n) is 2.70. The van der Waals surface area contributed by atoms with Crippen LogP contribution >= 0.6 is 11.8 Å². The third kappa shape index (κ3) is 4.80. The van der Waals surface area contributed by atoms with E-state index in [1.165, 1.54) is 6.07 Å². The summed E-state index contributed by atoms with van der Waals surface area (Å²) >= 11 is 1.55. The molecule has 1 amide bonds. The second kappa shape index (κ2) is 7.45. The number of carbonyl (C=O) groups excluding carboxylic acids is 1. The van der Waals surface area contributed by atoms with Gasteiger partial charge in [-0.3, -0.25) is 4.79 Å². The Kier molecular flexibility index (Phi) is 6.24. The molecule has 1 aromatic carbocycles. The fourth-order valence-corrected chi connectivity index (χ4v) is 1.88. The van der Waals surface area contributed by atoms with Crippen LogP contribution in [0.2, 0.25) is 0 Å². The maximum atomic E-state index is 13.4. The number of aliphatic hydroxyl groups is 1. The maximum Gasteiger partial charge on any atom is 0.221 e. The summed E-state index contributed by atoms with van der Waals surface area (Å²) in [6.45, 7) is 1.69. The fraction of sp³-hybridized carbons (Fsp3) is 0.462. The number of carbonyl (C=O) groups is 1. The molecule has 1 aromatic rings. The molecular formula is C13H17F2NO2S. The molecule has 0 radical (unpaired) electrons. The van der Waals surface area contributed by atoms with Gasteiger partial charge in [0.1, 0.15) is 17.7 Å². The predicted octanol–water partition coefficient (Wildman–Crippen LogP) is 2.26. The van der Waals surface area contributed by atoms with Gasteiger partial charge in [-0.05, 0) is 18.4 Å². The van der Waals surface area contributed by atoms with Crippen LogP contribution in [0.5, 0.6) is 0 Å². The van der Waals surface area contributed by atoms with Crippen molar-refractivity contribution in [2.75, 3.05) is 12.8 Å². The van der Waals surface area contributed by atoms with E-state index in [1.807, 2.05) is 13.2 Å². The number of nitrogens with one attached hydrogen (secondary N) is 1. The number of amides is 1. The molecule has 0 aliphatic carbocycles. The fourth-order valence-electron chi connectivity index (χ4n) is 1.56. The Labute approximate surface area is 115 Å². The quantitative estimate of drug-likeness (QED) is 0.844. The molecule has 0 fully saturated rings. The van der Waals surface area contributed by atoms with E-state index in [2.05, 4.69) is 5.32 Å². The lowest BCUT2D eigenvalue weighted by Crippen LogP contribution is -2.30. The molecule has 1 rings (SSSR count). The van der Waals surface area contributed by atoms with Gasteiger partial charge in [-0.25, -0.2) is 8.78 Å². The second-order valence-electron chi connectivity index (χ2n) is 4.21. The van der Waals surface area contributed by atoms with E-state index in [9.17, 15) is 18.7 Å². The first-order chi connectivity index (χ1) is 8.95. The van der Waals surface area contributed by atoms with E-state index in [-0.39, 0.29) is 17.7 Å². The van der Waals surface area contributed by atoms with Crippen molar-refractivity contribution in [2.24, 2.45) is 0 Å². The van der Waals surface area contributed by atoms with Crippen LogP contribution in [0, 0.1) is 11.6 Å². The lowest BCUT2D eigenvalue weighted by atomic mass is 10.1. The van der Waals surface area contributed by atoms with Crippen molar-refractivity contribution in [3.05, 3.63) is 35.4 Å². The highest BCUT2D eigenvalue weighted by Gasteiger charge is 2.18. The van der Waals surface area contributed by atoms with Gasteiger partial charge in [-0.15, -0.1) is 0 Å². The Hall–Kier alpha value is -1.14. The average Bonchev–Trinajstić information content (AvgIpc) is 2.36. The highest BCUT2D eigenvalue weighted by atomic mass is 32.2. The van der Waals surface area contributed by atoms with Crippen LogP contribution in [-0.2, 0) is 4.79 Å². The molecule has 0 spiro atoms. The maximum absolute atomic E-state index is 13.4. The summed E-state index contributed by atoms with van der Waals surface area (Å²) in [6, 6.07) is 3.36. The van der Waals surface area contributed by atoms with Crippen LogP contribution in [0.3, 0.4) is 0 Å². The van der Waals surface area contributed by atoms with Crippen LogP contribution in [0.15, 0.2) is 18.2 Å². The Balaban J connectivity index is 2.56. The summed E-state index contributed by atoms with van der Waals surface area (Å²) in [7, 11) is 0. The summed E-state index contributed by atoms with van der Waals surface area (Å²) in [5.41, 5.74) is -0.416. The molecule has 2 N–H and O–H groups in total. The SMILES string of the molecule is CSC(C)CC(=O)NCC(O)c1c(F)cccc1F. The molecular weight excluding hydrogens is 272 g/mol. The molecule has 0 aliphatic rings. The van der Waals surface area contributed by atoms with Crippen molar-refractivity contribution >= 4 is 17.7 Å². The lowest BCUT2D eigenvalue weighted by molar-refractivity contribution is -0.121. The molecule has 0 bridgehead atoms. The minimum atomic E-state index is -1.39. The van der Waals surface area contributed by atoms with Gasteiger partial charge in [0.2, 0.25) is 5.91 Å². The third-order valence-corrected chi connectivity index (χ3v) is 3.67. The summed E-state index contributed by atoms with van der Waals surface area (Å²) in [5.74, 6) is -1.89. The number of thioether (sulfide) groups is 1. The number of hydrogen-bond acceptors (Lipinski definition) is 3. The summed E-state index contributed by atoms with van der Waals surface area (Å²) in [6.07, 6.45) is 0.796. The van der Waals surface area contributed by atoms with Gasteiger partial charge < -0.3 is 10.4 Å². The summed E-state index contributed by atoms with van der Waals surface area (Å²) in [4.78, 5) is 11.5. The molecule has 0 saturated heterocycles. The van der Waals surface area contributed by atoms with E-state index >= 15 is 0 Å². The largest absolute Gasteiger partial charge is 0.386 e. The smallest absolute Gasteiger partial charge is 0.221 e. The van der Waals surface area contributed by atoms with E-state index in [0.29, 0.717) is 6.42 Å². The van der Waals surface area contributed by atoms with Crippen molar-refractivity contribution in [1.29, 1.82) is 0 Å². The molecule has 0 heterocycles. The number of hydrogen-bond donors (Lipinski definition) is 2. The van der Waals surface area contributed by atoms with Gasteiger partial charge in [0, 0.05) is 18.2 Å². The molecule has 2 atom stereocenters. The van der Waals surface area contributed by atoms with Crippen LogP contribution in [-0.4, -0.2) is 29.1 Å². The van der Waals surface area contributed by atoms with E-state index < -0.39 is 23.3 Å². The zero-order valence-corrected chi connectivity index (χ0v) is 11.6. The molecule has 106 valence electrons. The van der Waals surface area contributed by atoms with Crippen molar-refractivity contribution in [3.8, 4) is 0 Å². The first kappa shape index (κ1) is 15.9. The van der Waals surface area contributed by atoms with Gasteiger partial charge in [-0.1, -0.05) is 13.0 Å². The van der Waals surface area contributed by atoms with Crippen molar-refractivity contribution in [2.45, 2.75) is 24.7 Å².